The van der Waals surface area contributed by atoms with E-state index in [1.165, 1.54) is 19.3 Å². The molecule has 1 saturated carbocycles. The zero-order valence-corrected chi connectivity index (χ0v) is 8.43. The van der Waals surface area contributed by atoms with Crippen LogP contribution in [0.2, 0.25) is 0 Å². The predicted molar refractivity (Wildman–Crippen MR) is 51.5 cm³/mol. The van der Waals surface area contributed by atoms with Crippen molar-refractivity contribution >= 4 is 11.8 Å². The summed E-state index contributed by atoms with van der Waals surface area (Å²) in [6, 6.07) is -0.292. The summed E-state index contributed by atoms with van der Waals surface area (Å²) in [6.07, 6.45) is 4.04. The van der Waals surface area contributed by atoms with Crippen LogP contribution in [0, 0.1) is 5.41 Å². The van der Waals surface area contributed by atoms with Gasteiger partial charge in [-0.15, -0.1) is 0 Å². The quantitative estimate of drug-likeness (QED) is 0.633. The largest absolute Gasteiger partial charge is 0.305 e. The third-order valence-corrected chi connectivity index (χ3v) is 3.30. The molecule has 2 fully saturated rings. The molecule has 1 unspecified atom stereocenters. The van der Waals surface area contributed by atoms with Gasteiger partial charge in [-0.05, 0) is 18.3 Å². The van der Waals surface area contributed by atoms with Crippen LogP contribution in [0.25, 0.3) is 0 Å². The summed E-state index contributed by atoms with van der Waals surface area (Å²) >= 11 is 0. The molecular weight excluding hydrogens is 180 g/mol. The van der Waals surface area contributed by atoms with Gasteiger partial charge in [-0.3, -0.25) is 14.9 Å². The van der Waals surface area contributed by atoms with Crippen LogP contribution in [-0.4, -0.2) is 24.4 Å². The van der Waals surface area contributed by atoms with Crippen LogP contribution in [0.1, 0.15) is 32.6 Å². The summed E-state index contributed by atoms with van der Waals surface area (Å²) in [5.74, 6) is -0.329. The zero-order valence-electron chi connectivity index (χ0n) is 8.43. The Morgan fingerprint density at radius 1 is 1.50 bits per heavy atom. The van der Waals surface area contributed by atoms with Crippen molar-refractivity contribution in [3.63, 3.8) is 0 Å². The van der Waals surface area contributed by atoms with E-state index in [9.17, 15) is 9.59 Å². The van der Waals surface area contributed by atoms with E-state index in [0.717, 1.165) is 6.54 Å². The fraction of sp³-hybridized carbons (Fsp3) is 0.800. The van der Waals surface area contributed by atoms with Crippen molar-refractivity contribution in [2.75, 3.05) is 6.54 Å². The summed E-state index contributed by atoms with van der Waals surface area (Å²) in [5, 5.41) is 5.47. The van der Waals surface area contributed by atoms with Crippen molar-refractivity contribution in [1.82, 2.24) is 10.6 Å². The van der Waals surface area contributed by atoms with Crippen molar-refractivity contribution < 1.29 is 9.59 Å². The fourth-order valence-corrected chi connectivity index (χ4v) is 2.05. The lowest BCUT2D eigenvalue weighted by Crippen LogP contribution is -2.44. The van der Waals surface area contributed by atoms with Gasteiger partial charge >= 0.3 is 0 Å². The Morgan fingerprint density at radius 2 is 2.21 bits per heavy atom. The molecular formula is C10H16N2O2. The topological polar surface area (TPSA) is 58.2 Å². The van der Waals surface area contributed by atoms with Gasteiger partial charge in [-0.2, -0.15) is 0 Å². The highest BCUT2D eigenvalue weighted by atomic mass is 16.2. The normalized spacial score (nSPS) is 29.9. The minimum absolute atomic E-state index is 0.161. The number of hydrogen-bond donors (Lipinski definition) is 2. The average molecular weight is 196 g/mol. The van der Waals surface area contributed by atoms with E-state index >= 15 is 0 Å². The molecule has 2 amide bonds. The van der Waals surface area contributed by atoms with E-state index in [1.54, 1.807) is 0 Å². The molecule has 1 aliphatic carbocycles. The standard InChI is InChI=1S/C10H16N2O2/c1-10(3-2-4-10)6-11-7-5-8(13)12-9(7)14/h7,11H,2-6H2,1H3,(H,12,13,14). The van der Waals surface area contributed by atoms with E-state index < -0.39 is 0 Å². The molecule has 1 aliphatic heterocycles. The third kappa shape index (κ3) is 1.80. The highest BCUT2D eigenvalue weighted by Gasteiger charge is 2.35. The molecule has 0 bridgehead atoms. The van der Waals surface area contributed by atoms with Gasteiger partial charge in [-0.25, -0.2) is 0 Å². The molecule has 0 aromatic heterocycles. The van der Waals surface area contributed by atoms with Crippen LogP contribution in [0.15, 0.2) is 0 Å². The van der Waals surface area contributed by atoms with Gasteiger partial charge in [-0.1, -0.05) is 13.3 Å². The molecule has 1 saturated heterocycles. The smallest absolute Gasteiger partial charge is 0.244 e. The van der Waals surface area contributed by atoms with Crippen LogP contribution < -0.4 is 10.6 Å². The molecule has 4 heteroatoms. The van der Waals surface area contributed by atoms with Gasteiger partial charge in [0.05, 0.1) is 12.5 Å². The Bertz CT molecular complexity index is 271. The highest BCUT2D eigenvalue weighted by molar-refractivity contribution is 6.05. The van der Waals surface area contributed by atoms with E-state index in [-0.39, 0.29) is 17.9 Å². The second kappa shape index (κ2) is 3.35. The number of carbonyl (C=O) groups is 2. The molecule has 0 radical (unpaired) electrons. The third-order valence-electron chi connectivity index (χ3n) is 3.30. The van der Waals surface area contributed by atoms with Crippen LogP contribution >= 0.6 is 0 Å². The fourth-order valence-electron chi connectivity index (χ4n) is 2.05. The molecule has 2 aliphatic rings. The predicted octanol–water partition coefficient (Wildman–Crippen LogP) is 0.181. The molecule has 14 heavy (non-hydrogen) atoms. The van der Waals surface area contributed by atoms with Crippen molar-refractivity contribution in [3.05, 3.63) is 0 Å². The van der Waals surface area contributed by atoms with Gasteiger partial charge in [0, 0.05) is 6.54 Å². The van der Waals surface area contributed by atoms with Crippen LogP contribution in [-0.2, 0) is 9.59 Å². The number of rotatable bonds is 3. The first-order valence-electron chi connectivity index (χ1n) is 5.16. The lowest BCUT2D eigenvalue weighted by atomic mass is 9.70. The zero-order chi connectivity index (χ0) is 10.2. The van der Waals surface area contributed by atoms with Gasteiger partial charge in [0.15, 0.2) is 0 Å². The lowest BCUT2D eigenvalue weighted by molar-refractivity contribution is -0.125. The van der Waals surface area contributed by atoms with Crippen LogP contribution in [0.4, 0.5) is 0 Å². The van der Waals surface area contributed by atoms with Crippen LogP contribution in [0.5, 0.6) is 0 Å². The Labute approximate surface area is 83.4 Å². The molecule has 4 nitrogen and oxygen atoms in total. The van der Waals surface area contributed by atoms with E-state index in [2.05, 4.69) is 17.6 Å². The molecule has 0 aromatic carbocycles. The van der Waals surface area contributed by atoms with Crippen molar-refractivity contribution in [1.29, 1.82) is 0 Å². The van der Waals surface area contributed by atoms with Gasteiger partial charge < -0.3 is 5.32 Å². The maximum Gasteiger partial charge on any atom is 0.244 e. The van der Waals surface area contributed by atoms with Crippen molar-refractivity contribution in [2.45, 2.75) is 38.6 Å². The molecule has 0 spiro atoms. The maximum atomic E-state index is 11.2. The summed E-state index contributed by atoms with van der Waals surface area (Å²) < 4.78 is 0. The monoisotopic (exact) mass is 196 g/mol. The molecule has 78 valence electrons. The summed E-state index contributed by atoms with van der Waals surface area (Å²) in [6.45, 7) is 3.07. The first kappa shape index (κ1) is 9.65. The highest BCUT2D eigenvalue weighted by Crippen LogP contribution is 2.39. The second-order valence-electron chi connectivity index (χ2n) is 4.71. The minimum atomic E-state index is -0.292. The van der Waals surface area contributed by atoms with E-state index in [1.807, 2.05) is 0 Å². The summed E-state index contributed by atoms with van der Waals surface area (Å²) in [5.41, 5.74) is 0.353. The van der Waals surface area contributed by atoms with Gasteiger partial charge in [0.1, 0.15) is 0 Å². The lowest BCUT2D eigenvalue weighted by Gasteiger charge is -2.39. The summed E-state index contributed by atoms with van der Waals surface area (Å²) in [7, 11) is 0. The van der Waals surface area contributed by atoms with Crippen molar-refractivity contribution in [3.8, 4) is 0 Å². The van der Waals surface area contributed by atoms with E-state index in [0.29, 0.717) is 11.8 Å². The van der Waals surface area contributed by atoms with Gasteiger partial charge in [0.2, 0.25) is 11.8 Å². The van der Waals surface area contributed by atoms with Gasteiger partial charge in [0.25, 0.3) is 0 Å². The molecule has 2 N–H and O–H groups in total. The number of hydrogen-bond acceptors (Lipinski definition) is 3. The Morgan fingerprint density at radius 3 is 2.64 bits per heavy atom. The molecule has 2 rings (SSSR count). The van der Waals surface area contributed by atoms with Crippen molar-refractivity contribution in [2.24, 2.45) is 5.41 Å². The SMILES string of the molecule is CC1(CNC2CC(=O)NC2=O)CCC1. The Hall–Kier alpha value is -0.900. The average Bonchev–Trinajstić information content (AvgIpc) is 2.38. The summed E-state index contributed by atoms with van der Waals surface area (Å²) in [4.78, 5) is 22.1. The minimum Gasteiger partial charge on any atom is -0.305 e. The van der Waals surface area contributed by atoms with Crippen LogP contribution in [0.3, 0.4) is 0 Å². The number of imide groups is 1. The molecule has 1 atom stereocenters. The van der Waals surface area contributed by atoms with E-state index in [4.69, 9.17) is 0 Å². The first-order chi connectivity index (χ1) is 6.59. The molecule has 0 aromatic rings. The number of nitrogens with one attached hydrogen (secondary N) is 2. The Kier molecular flexibility index (Phi) is 2.31. The second-order valence-corrected chi connectivity index (χ2v) is 4.71. The number of amides is 2. The number of carbonyl (C=O) groups excluding carboxylic acids is 2. The maximum absolute atomic E-state index is 11.2. The first-order valence-corrected chi connectivity index (χ1v) is 5.16. The Balaban J connectivity index is 1.80. The molecule has 1 heterocycles.